The Balaban J connectivity index is 0.989. The summed E-state index contributed by atoms with van der Waals surface area (Å²) in [5.41, 5.74) is 20.8. The highest BCUT2D eigenvalue weighted by atomic mass is 15.0. The Hall–Kier alpha value is -12.7. The number of para-hydroxylation sites is 7. The topological polar surface area (TPSA) is 79.2 Å². The summed E-state index contributed by atoms with van der Waals surface area (Å²) in [5.74, 6) is 2.44. The molecule has 8 nitrogen and oxygen atoms in total. The quantitative estimate of drug-likeness (QED) is 0.129. The van der Waals surface area contributed by atoms with Crippen molar-refractivity contribution in [1.82, 2.24) is 38.6 Å². The van der Waals surface area contributed by atoms with Crippen molar-refractivity contribution in [3.05, 3.63) is 328 Å². The largest absolute Gasteiger partial charge is 0.309 e. The van der Waals surface area contributed by atoms with Crippen molar-refractivity contribution < 1.29 is 0 Å². The van der Waals surface area contributed by atoms with Gasteiger partial charge in [0.2, 0.25) is 0 Å². The van der Waals surface area contributed by atoms with Crippen LogP contribution in [0.4, 0.5) is 0 Å². The van der Waals surface area contributed by atoms with E-state index in [4.69, 9.17) is 24.9 Å². The molecule has 0 saturated carbocycles. The molecule has 0 aliphatic rings. The van der Waals surface area contributed by atoms with Crippen LogP contribution in [-0.2, 0) is 0 Å². The molecule has 8 heteroatoms. The number of benzene rings is 13. The zero-order valence-electron chi connectivity index (χ0n) is 50.3. The van der Waals surface area contributed by atoms with Crippen LogP contribution in [-0.4, -0.2) is 38.6 Å². The first-order valence-corrected chi connectivity index (χ1v) is 31.4. The minimum absolute atomic E-state index is 0.585. The summed E-state index contributed by atoms with van der Waals surface area (Å²) >= 11 is 0. The maximum atomic E-state index is 5.61. The molecule has 18 rings (SSSR count). The molecule has 18 aromatic rings. The summed E-state index contributed by atoms with van der Waals surface area (Å²) in [6, 6.07) is 117. The van der Waals surface area contributed by atoms with Gasteiger partial charge in [-0.3, -0.25) is 0 Å². The van der Waals surface area contributed by atoms with Crippen LogP contribution in [0.3, 0.4) is 0 Å². The number of hydrogen-bond donors (Lipinski definition) is 0. The summed E-state index contributed by atoms with van der Waals surface area (Å²) < 4.78 is 7.42. The van der Waals surface area contributed by atoms with Gasteiger partial charge in [0.25, 0.3) is 0 Å². The smallest absolute Gasteiger partial charge is 0.164 e. The predicted molar refractivity (Wildman–Crippen MR) is 382 cm³/mol. The van der Waals surface area contributed by atoms with Gasteiger partial charge in [-0.15, -0.1) is 0 Å². The molecule has 434 valence electrons. The molecule has 0 spiro atoms. The summed E-state index contributed by atoms with van der Waals surface area (Å²) in [7, 11) is 0. The lowest BCUT2D eigenvalue weighted by atomic mass is 9.90. The van der Waals surface area contributed by atoms with Gasteiger partial charge in [-0.1, -0.05) is 249 Å². The third-order valence-electron chi connectivity index (χ3n) is 18.1. The molecule has 0 N–H and O–H groups in total. The van der Waals surface area contributed by atoms with E-state index in [0.717, 1.165) is 128 Å². The number of rotatable bonds is 11. The Labute approximate surface area is 536 Å². The van der Waals surface area contributed by atoms with Crippen molar-refractivity contribution in [2.45, 2.75) is 0 Å². The molecule has 0 radical (unpaired) electrons. The molecule has 0 aliphatic carbocycles. The number of nitrogens with zero attached hydrogens (tertiary/aromatic N) is 8. The average Bonchev–Trinajstić information content (AvgIpc) is 1.64. The van der Waals surface area contributed by atoms with Crippen LogP contribution < -0.4 is 0 Å². The lowest BCUT2D eigenvalue weighted by Crippen LogP contribution is -2.06. The first-order chi connectivity index (χ1) is 46.1. The molecule has 5 heterocycles. The Bertz CT molecular complexity index is 5530. The molecule has 0 saturated heterocycles. The highest BCUT2D eigenvalue weighted by Gasteiger charge is 2.28. The van der Waals surface area contributed by atoms with Crippen molar-refractivity contribution in [3.8, 4) is 107 Å². The van der Waals surface area contributed by atoms with E-state index in [1.807, 2.05) is 42.5 Å². The van der Waals surface area contributed by atoms with Crippen molar-refractivity contribution >= 4 is 65.4 Å². The Morgan fingerprint density at radius 3 is 0.925 bits per heavy atom. The lowest BCUT2D eigenvalue weighted by molar-refractivity contribution is 1.07. The van der Waals surface area contributed by atoms with Crippen molar-refractivity contribution in [1.29, 1.82) is 0 Å². The van der Waals surface area contributed by atoms with Crippen LogP contribution in [0.5, 0.6) is 0 Å². The van der Waals surface area contributed by atoms with Gasteiger partial charge in [0, 0.05) is 88.0 Å². The SMILES string of the molecule is c1ccc(-c2cc(-c3cc(-c4ccccc4-n4c5ccccc5c5ccccc54)c(-n4c5ccccc5c5cc(-c6nc(-c7ccccc7)nc(-c7ccccc7)n6)ccc54)c(-c4ccccc4-n4c5ccccc5c5ccccc54)c3)nc(-c3ccccc3)n2)cc1. The minimum Gasteiger partial charge on any atom is -0.309 e. The monoisotopic (exact) mass is 1190 g/mol. The molecule has 0 aliphatic heterocycles. The predicted octanol–water partition coefficient (Wildman–Crippen LogP) is 21.3. The molecule has 0 atom stereocenters. The summed E-state index contributed by atoms with van der Waals surface area (Å²) in [5, 5.41) is 6.87. The third kappa shape index (κ3) is 9.03. The zero-order valence-corrected chi connectivity index (χ0v) is 50.3. The molecule has 0 amide bonds. The second kappa shape index (κ2) is 22.1. The normalized spacial score (nSPS) is 11.7. The molecular formula is C85H54N8. The summed E-state index contributed by atoms with van der Waals surface area (Å²) in [6.07, 6.45) is 0. The summed E-state index contributed by atoms with van der Waals surface area (Å²) in [4.78, 5) is 26.5. The highest BCUT2D eigenvalue weighted by molar-refractivity contribution is 6.14. The van der Waals surface area contributed by atoms with Crippen LogP contribution in [0.15, 0.2) is 328 Å². The number of aromatic nitrogens is 8. The van der Waals surface area contributed by atoms with Crippen LogP contribution in [0.2, 0.25) is 0 Å². The van der Waals surface area contributed by atoms with E-state index in [2.05, 4.69) is 299 Å². The van der Waals surface area contributed by atoms with Gasteiger partial charge < -0.3 is 13.7 Å². The lowest BCUT2D eigenvalue weighted by Gasteiger charge is -2.24. The van der Waals surface area contributed by atoms with Crippen LogP contribution in [0.25, 0.3) is 173 Å². The second-order valence-corrected chi connectivity index (χ2v) is 23.5. The van der Waals surface area contributed by atoms with E-state index in [1.54, 1.807) is 0 Å². The van der Waals surface area contributed by atoms with Crippen LogP contribution in [0.1, 0.15) is 0 Å². The number of hydrogen-bond acceptors (Lipinski definition) is 5. The van der Waals surface area contributed by atoms with Crippen molar-refractivity contribution in [2.24, 2.45) is 0 Å². The van der Waals surface area contributed by atoms with Crippen LogP contribution >= 0.6 is 0 Å². The first-order valence-electron chi connectivity index (χ1n) is 31.4. The molecular weight excluding hydrogens is 1130 g/mol. The fourth-order valence-corrected chi connectivity index (χ4v) is 13.9. The molecule has 93 heavy (non-hydrogen) atoms. The Morgan fingerprint density at radius 1 is 0.183 bits per heavy atom. The minimum atomic E-state index is 0.585. The van der Waals surface area contributed by atoms with E-state index < -0.39 is 0 Å². The molecule has 0 unspecified atom stereocenters. The first kappa shape index (κ1) is 53.4. The maximum Gasteiger partial charge on any atom is 0.164 e. The van der Waals surface area contributed by atoms with E-state index in [-0.39, 0.29) is 0 Å². The molecule has 0 fully saturated rings. The van der Waals surface area contributed by atoms with Crippen LogP contribution in [0, 0.1) is 0 Å². The van der Waals surface area contributed by atoms with Gasteiger partial charge in [0.1, 0.15) is 0 Å². The fraction of sp³-hybridized carbons (Fsp3) is 0. The van der Waals surface area contributed by atoms with E-state index in [0.29, 0.717) is 23.3 Å². The van der Waals surface area contributed by atoms with Gasteiger partial charge >= 0.3 is 0 Å². The van der Waals surface area contributed by atoms with Gasteiger partial charge in [-0.05, 0) is 78.9 Å². The van der Waals surface area contributed by atoms with E-state index in [1.165, 1.54) is 21.5 Å². The van der Waals surface area contributed by atoms with Gasteiger partial charge in [-0.2, -0.15) is 0 Å². The zero-order chi connectivity index (χ0) is 61.3. The van der Waals surface area contributed by atoms with Gasteiger partial charge in [-0.25, -0.2) is 24.9 Å². The highest BCUT2D eigenvalue weighted by Crippen LogP contribution is 2.49. The van der Waals surface area contributed by atoms with Crippen molar-refractivity contribution in [3.63, 3.8) is 0 Å². The van der Waals surface area contributed by atoms with Crippen molar-refractivity contribution in [2.75, 3.05) is 0 Å². The van der Waals surface area contributed by atoms with Gasteiger partial charge in [0.15, 0.2) is 23.3 Å². The second-order valence-electron chi connectivity index (χ2n) is 23.5. The Morgan fingerprint density at radius 2 is 0.495 bits per heavy atom. The third-order valence-corrected chi connectivity index (χ3v) is 18.1. The summed E-state index contributed by atoms with van der Waals surface area (Å²) in [6.45, 7) is 0. The maximum absolute atomic E-state index is 5.61. The molecule has 0 bridgehead atoms. The standard InChI is InChI=1S/C85H54N8/c1-5-27-55(28-6-1)71-54-72(87-82(86-71)56-29-7-2-8-30-56)60-52-69(66-40-18-24-46-77(66)91-73-42-20-13-35-61(73)62-36-14-21-43-74(62)91)81(70(53-60)67-41-19-25-47-78(67)92-75-44-22-15-37-63(75)64-38-16-23-45-76(64)92)93-79-48-26-17-39-65(79)68-51-59(49-50-80(68)93)85-89-83(57-31-9-3-10-32-57)88-84(90-85)58-33-11-4-12-34-58/h1-54H. The Kier molecular flexibility index (Phi) is 12.7. The average molecular weight is 1190 g/mol. The van der Waals surface area contributed by atoms with Gasteiger partial charge in [0.05, 0.1) is 61.6 Å². The fourth-order valence-electron chi connectivity index (χ4n) is 13.9. The van der Waals surface area contributed by atoms with E-state index >= 15 is 0 Å². The molecule has 13 aromatic carbocycles. The van der Waals surface area contributed by atoms with E-state index in [9.17, 15) is 0 Å². The molecule has 5 aromatic heterocycles. The number of fused-ring (bicyclic) bond motifs is 9.